The Labute approximate surface area is 153 Å². The third-order valence-electron chi connectivity index (χ3n) is 4.32. The lowest BCUT2D eigenvalue weighted by Crippen LogP contribution is -2.46. The van der Waals surface area contributed by atoms with Crippen LogP contribution in [0.3, 0.4) is 0 Å². The summed E-state index contributed by atoms with van der Waals surface area (Å²) in [4.78, 5) is 26.4. The molecule has 132 valence electrons. The number of halogens is 1. The smallest absolute Gasteiger partial charge is 0.249 e. The lowest BCUT2D eigenvalue weighted by Gasteiger charge is -2.23. The number of carbonyl (C=O) groups is 2. The summed E-state index contributed by atoms with van der Waals surface area (Å²) in [6.07, 6.45) is 1.12. The molecule has 0 saturated carbocycles. The van der Waals surface area contributed by atoms with Gasteiger partial charge in [-0.2, -0.15) is 11.8 Å². The van der Waals surface area contributed by atoms with Gasteiger partial charge in [-0.1, -0.05) is 17.7 Å². The van der Waals surface area contributed by atoms with Crippen molar-refractivity contribution in [1.82, 2.24) is 10.6 Å². The number of carbonyl (C=O) groups excluding carboxylic acids is 2. The van der Waals surface area contributed by atoms with Gasteiger partial charge in [0.2, 0.25) is 11.8 Å². The van der Waals surface area contributed by atoms with Gasteiger partial charge < -0.3 is 15.5 Å². The van der Waals surface area contributed by atoms with Crippen molar-refractivity contribution >= 4 is 41.7 Å². The fourth-order valence-corrected chi connectivity index (χ4v) is 3.97. The molecular formula is C17H24ClN3O2S. The Bertz CT molecular complexity index is 576. The Morgan fingerprint density at radius 2 is 2.12 bits per heavy atom. The van der Waals surface area contributed by atoms with Crippen molar-refractivity contribution in [3.05, 3.63) is 29.8 Å². The fourth-order valence-electron chi connectivity index (χ4n) is 3.02. The molecule has 1 aromatic carbocycles. The van der Waals surface area contributed by atoms with E-state index < -0.39 is 0 Å². The Morgan fingerprint density at radius 1 is 1.38 bits per heavy atom. The Morgan fingerprint density at radius 3 is 2.79 bits per heavy atom. The highest BCUT2D eigenvalue weighted by Crippen LogP contribution is 2.22. The molecule has 2 saturated heterocycles. The second-order valence-corrected chi connectivity index (χ2v) is 7.31. The highest BCUT2D eigenvalue weighted by atomic mass is 35.5. The van der Waals surface area contributed by atoms with Crippen LogP contribution in [0.5, 0.6) is 0 Å². The predicted octanol–water partition coefficient (Wildman–Crippen LogP) is 1.73. The van der Waals surface area contributed by atoms with E-state index in [0.29, 0.717) is 19.4 Å². The van der Waals surface area contributed by atoms with Crippen molar-refractivity contribution in [2.24, 2.45) is 0 Å². The van der Waals surface area contributed by atoms with Crippen molar-refractivity contribution in [2.45, 2.75) is 31.8 Å². The minimum atomic E-state index is -0.389. The van der Waals surface area contributed by atoms with Gasteiger partial charge in [0.05, 0.1) is 0 Å². The summed E-state index contributed by atoms with van der Waals surface area (Å²) in [7, 11) is 0. The zero-order chi connectivity index (χ0) is 16.2. The Hall–Kier alpha value is -1.24. The zero-order valence-corrected chi connectivity index (χ0v) is 15.4. The second kappa shape index (κ2) is 8.74. The maximum Gasteiger partial charge on any atom is 0.249 e. The average Bonchev–Trinajstić information content (AvgIpc) is 2.90. The number of aryl methyl sites for hydroxylation is 1. The van der Waals surface area contributed by atoms with E-state index in [9.17, 15) is 9.59 Å². The molecule has 24 heavy (non-hydrogen) atoms. The molecule has 7 heteroatoms. The number of thioether (sulfide) groups is 1. The van der Waals surface area contributed by atoms with Gasteiger partial charge in [-0.05, 0) is 25.5 Å². The van der Waals surface area contributed by atoms with E-state index in [1.165, 1.54) is 5.56 Å². The lowest BCUT2D eigenvalue weighted by molar-refractivity contribution is -0.126. The number of amides is 2. The number of rotatable bonds is 4. The van der Waals surface area contributed by atoms with Crippen LogP contribution >= 0.6 is 24.2 Å². The standard InChI is InChI=1S/C17H23N3O2S.ClH/c1-12-2-4-14(5-3-12)20-8-6-15(17(20)22)19-16(21)10-13-11-23-9-7-18-13;/h2-5,13,15,18H,6-11H2,1H3,(H,19,21);1H. The summed E-state index contributed by atoms with van der Waals surface area (Å²) in [6.45, 7) is 3.63. The van der Waals surface area contributed by atoms with Gasteiger partial charge in [0.1, 0.15) is 6.04 Å². The number of hydrogen-bond acceptors (Lipinski definition) is 4. The molecule has 2 aliphatic heterocycles. The Kier molecular flexibility index (Phi) is 6.95. The first-order valence-corrected chi connectivity index (χ1v) is 9.27. The van der Waals surface area contributed by atoms with Crippen molar-refractivity contribution in [3.8, 4) is 0 Å². The maximum atomic E-state index is 12.5. The van der Waals surface area contributed by atoms with Crippen LogP contribution in [0.1, 0.15) is 18.4 Å². The van der Waals surface area contributed by atoms with E-state index >= 15 is 0 Å². The molecule has 2 aliphatic rings. The monoisotopic (exact) mass is 369 g/mol. The zero-order valence-electron chi connectivity index (χ0n) is 13.8. The highest BCUT2D eigenvalue weighted by molar-refractivity contribution is 7.99. The van der Waals surface area contributed by atoms with E-state index in [4.69, 9.17) is 0 Å². The first kappa shape index (κ1) is 19.1. The molecule has 5 nitrogen and oxygen atoms in total. The van der Waals surface area contributed by atoms with Crippen molar-refractivity contribution in [2.75, 3.05) is 29.5 Å². The Balaban J connectivity index is 0.00000208. The third-order valence-corrected chi connectivity index (χ3v) is 5.45. The molecular weight excluding hydrogens is 346 g/mol. The molecule has 0 bridgehead atoms. The van der Waals surface area contributed by atoms with Crippen LogP contribution in [0.2, 0.25) is 0 Å². The topological polar surface area (TPSA) is 61.4 Å². The predicted molar refractivity (Wildman–Crippen MR) is 101 cm³/mol. The quantitative estimate of drug-likeness (QED) is 0.848. The number of nitrogens with one attached hydrogen (secondary N) is 2. The van der Waals surface area contributed by atoms with E-state index in [1.54, 1.807) is 4.90 Å². The third kappa shape index (κ3) is 4.65. The molecule has 2 heterocycles. The second-order valence-electron chi connectivity index (χ2n) is 6.16. The molecule has 0 spiro atoms. The van der Waals surface area contributed by atoms with Crippen LogP contribution in [0.4, 0.5) is 5.69 Å². The highest BCUT2D eigenvalue weighted by Gasteiger charge is 2.33. The van der Waals surface area contributed by atoms with Crippen LogP contribution in [-0.2, 0) is 9.59 Å². The van der Waals surface area contributed by atoms with Crippen LogP contribution in [0.25, 0.3) is 0 Å². The lowest BCUT2D eigenvalue weighted by atomic mass is 10.2. The number of anilines is 1. The molecule has 1 aromatic rings. The number of hydrogen-bond donors (Lipinski definition) is 2. The van der Waals surface area contributed by atoms with Gasteiger partial charge in [-0.3, -0.25) is 9.59 Å². The number of benzene rings is 1. The van der Waals surface area contributed by atoms with Crippen LogP contribution in [-0.4, -0.2) is 48.5 Å². The first-order valence-electron chi connectivity index (χ1n) is 8.12. The maximum absolute atomic E-state index is 12.5. The van der Waals surface area contributed by atoms with E-state index in [0.717, 1.165) is 23.7 Å². The molecule has 2 unspecified atom stereocenters. The summed E-state index contributed by atoms with van der Waals surface area (Å²) in [6, 6.07) is 7.75. The fraction of sp³-hybridized carbons (Fsp3) is 0.529. The molecule has 2 atom stereocenters. The molecule has 0 radical (unpaired) electrons. The SMILES string of the molecule is Cc1ccc(N2CCC(NC(=O)CC3CSCCN3)C2=O)cc1.Cl. The van der Waals surface area contributed by atoms with Gasteiger partial charge in [-0.25, -0.2) is 0 Å². The van der Waals surface area contributed by atoms with E-state index in [1.807, 2.05) is 43.0 Å². The van der Waals surface area contributed by atoms with Crippen molar-refractivity contribution in [3.63, 3.8) is 0 Å². The normalized spacial score (nSPS) is 23.7. The summed E-state index contributed by atoms with van der Waals surface area (Å²) in [5, 5.41) is 6.26. The van der Waals surface area contributed by atoms with Gasteiger partial charge in [0.15, 0.2) is 0 Å². The summed E-state index contributed by atoms with van der Waals surface area (Å²) >= 11 is 1.87. The first-order chi connectivity index (χ1) is 11.1. The number of nitrogens with zero attached hydrogens (tertiary/aromatic N) is 1. The molecule has 2 N–H and O–H groups in total. The molecule has 0 aromatic heterocycles. The van der Waals surface area contributed by atoms with E-state index in [-0.39, 0.29) is 36.3 Å². The van der Waals surface area contributed by atoms with Gasteiger partial charge in [-0.15, -0.1) is 12.4 Å². The van der Waals surface area contributed by atoms with Crippen molar-refractivity contribution < 1.29 is 9.59 Å². The molecule has 2 fully saturated rings. The minimum absolute atomic E-state index is 0. The average molecular weight is 370 g/mol. The van der Waals surface area contributed by atoms with Gasteiger partial charge >= 0.3 is 0 Å². The summed E-state index contributed by atoms with van der Waals surface area (Å²) < 4.78 is 0. The summed E-state index contributed by atoms with van der Waals surface area (Å²) in [5.41, 5.74) is 2.07. The molecule has 0 aliphatic carbocycles. The van der Waals surface area contributed by atoms with Crippen LogP contribution < -0.4 is 15.5 Å². The van der Waals surface area contributed by atoms with Crippen LogP contribution in [0.15, 0.2) is 24.3 Å². The summed E-state index contributed by atoms with van der Waals surface area (Å²) in [5.74, 6) is 2.02. The van der Waals surface area contributed by atoms with Crippen molar-refractivity contribution in [1.29, 1.82) is 0 Å². The molecule has 3 rings (SSSR count). The van der Waals surface area contributed by atoms with Gasteiger partial charge in [0, 0.05) is 42.7 Å². The largest absolute Gasteiger partial charge is 0.344 e. The van der Waals surface area contributed by atoms with Gasteiger partial charge in [0.25, 0.3) is 0 Å². The minimum Gasteiger partial charge on any atom is -0.344 e. The molecule has 2 amide bonds. The van der Waals surface area contributed by atoms with Crippen LogP contribution in [0, 0.1) is 6.92 Å². The van der Waals surface area contributed by atoms with E-state index in [2.05, 4.69) is 10.6 Å².